The molecule has 0 amide bonds. The lowest BCUT2D eigenvalue weighted by molar-refractivity contribution is 0.323. The lowest BCUT2D eigenvalue weighted by Crippen LogP contribution is -2.35. The van der Waals surface area contributed by atoms with Crippen LogP contribution in [0.1, 0.15) is 26.7 Å². The van der Waals surface area contributed by atoms with Crippen molar-refractivity contribution >= 4 is 0 Å². The van der Waals surface area contributed by atoms with E-state index in [1.54, 1.807) is 0 Å². The van der Waals surface area contributed by atoms with Crippen LogP contribution in [0.3, 0.4) is 0 Å². The Hall–Kier alpha value is -0.500. The van der Waals surface area contributed by atoms with Crippen molar-refractivity contribution in [2.75, 3.05) is 6.54 Å². The van der Waals surface area contributed by atoms with Gasteiger partial charge < -0.3 is 10.4 Å². The Morgan fingerprint density at radius 2 is 2.18 bits per heavy atom. The largest absolute Gasteiger partial charge is 0.511 e. The summed E-state index contributed by atoms with van der Waals surface area (Å²) in [6.45, 7) is 8.83. The summed E-state index contributed by atoms with van der Waals surface area (Å²) in [5, 5.41) is 12.5. The molecule has 0 atom stereocenters. The molecule has 0 heterocycles. The summed E-state index contributed by atoms with van der Waals surface area (Å²) in [4.78, 5) is 0. The topological polar surface area (TPSA) is 32.3 Å². The molecular weight excluding hydrogens is 138 g/mol. The van der Waals surface area contributed by atoms with Gasteiger partial charge in [0, 0.05) is 0 Å². The number of hydrogen-bond donors (Lipinski definition) is 2. The van der Waals surface area contributed by atoms with Crippen LogP contribution in [0, 0.1) is 5.92 Å². The average molecular weight is 155 g/mol. The lowest BCUT2D eigenvalue weighted by Gasteiger charge is -2.17. The Morgan fingerprint density at radius 3 is 2.45 bits per heavy atom. The first kappa shape index (κ1) is 8.60. The zero-order valence-corrected chi connectivity index (χ0v) is 7.35. The van der Waals surface area contributed by atoms with Gasteiger partial charge in [-0.15, -0.1) is 0 Å². The van der Waals surface area contributed by atoms with Gasteiger partial charge in [0.25, 0.3) is 0 Å². The number of aliphatic hydroxyl groups excluding tert-OH is 1. The molecule has 0 bridgehead atoms. The van der Waals surface area contributed by atoms with Gasteiger partial charge in [-0.05, 0) is 25.3 Å². The summed E-state index contributed by atoms with van der Waals surface area (Å²) in [5.41, 5.74) is -0.107. The summed E-state index contributed by atoms with van der Waals surface area (Å²) in [6, 6.07) is 0. The Bertz CT molecular complexity index is 159. The minimum Gasteiger partial charge on any atom is -0.511 e. The van der Waals surface area contributed by atoms with E-state index >= 15 is 0 Å². The van der Waals surface area contributed by atoms with Crippen molar-refractivity contribution < 1.29 is 5.11 Å². The van der Waals surface area contributed by atoms with Crippen LogP contribution in [0.25, 0.3) is 0 Å². The molecule has 1 aliphatic carbocycles. The van der Waals surface area contributed by atoms with Crippen LogP contribution in [0.15, 0.2) is 12.3 Å². The predicted octanol–water partition coefficient (Wildman–Crippen LogP) is 1.84. The van der Waals surface area contributed by atoms with E-state index < -0.39 is 0 Å². The highest BCUT2D eigenvalue weighted by molar-refractivity contribution is 5.19. The molecule has 0 radical (unpaired) electrons. The summed E-state index contributed by atoms with van der Waals surface area (Å²) >= 11 is 0. The number of nitrogens with one attached hydrogen (secondary N) is 1. The Labute approximate surface area is 68.3 Å². The van der Waals surface area contributed by atoms with Crippen LogP contribution < -0.4 is 5.32 Å². The summed E-state index contributed by atoms with van der Waals surface area (Å²) < 4.78 is 0. The van der Waals surface area contributed by atoms with E-state index in [2.05, 4.69) is 25.7 Å². The average Bonchev–Trinajstić information content (AvgIpc) is 2.63. The Morgan fingerprint density at radius 1 is 1.64 bits per heavy atom. The Kier molecular flexibility index (Phi) is 2.23. The van der Waals surface area contributed by atoms with E-state index in [0.717, 1.165) is 19.4 Å². The van der Waals surface area contributed by atoms with Gasteiger partial charge in [-0.25, -0.2) is 0 Å². The first-order valence-corrected chi connectivity index (χ1v) is 4.20. The van der Waals surface area contributed by atoms with Crippen molar-refractivity contribution in [2.45, 2.75) is 32.2 Å². The molecule has 0 aliphatic heterocycles. The second-order valence-corrected chi connectivity index (χ2v) is 3.80. The van der Waals surface area contributed by atoms with Crippen LogP contribution in [-0.4, -0.2) is 17.2 Å². The number of aliphatic hydroxyl groups is 1. The third-order valence-corrected chi connectivity index (χ3v) is 2.15. The van der Waals surface area contributed by atoms with Crippen LogP contribution >= 0.6 is 0 Å². The third kappa shape index (κ3) is 1.96. The molecule has 2 heteroatoms. The standard InChI is InChI=1S/C9H17NO/c1-7(2)6-10-9(4-5-9)8(3)11/h7,10-11H,3-6H2,1-2H3. The maximum atomic E-state index is 9.20. The van der Waals surface area contributed by atoms with E-state index in [-0.39, 0.29) is 5.54 Å². The molecule has 0 unspecified atom stereocenters. The smallest absolute Gasteiger partial charge is 0.105 e. The summed E-state index contributed by atoms with van der Waals surface area (Å²) in [5.74, 6) is 0.935. The predicted molar refractivity (Wildman–Crippen MR) is 46.6 cm³/mol. The molecule has 0 spiro atoms. The molecule has 11 heavy (non-hydrogen) atoms. The summed E-state index contributed by atoms with van der Waals surface area (Å²) in [6.07, 6.45) is 2.07. The van der Waals surface area contributed by atoms with Gasteiger partial charge in [0.15, 0.2) is 0 Å². The molecule has 64 valence electrons. The Balaban J connectivity index is 2.31. The second-order valence-electron chi connectivity index (χ2n) is 3.80. The SMILES string of the molecule is C=C(O)C1(NCC(C)C)CC1. The molecule has 0 aromatic rings. The van der Waals surface area contributed by atoms with E-state index in [9.17, 15) is 5.11 Å². The molecule has 0 saturated heterocycles. The molecule has 0 aromatic carbocycles. The first-order chi connectivity index (χ1) is 5.07. The van der Waals surface area contributed by atoms with Crippen molar-refractivity contribution in [3.63, 3.8) is 0 Å². The van der Waals surface area contributed by atoms with Gasteiger partial charge in [-0.3, -0.25) is 0 Å². The van der Waals surface area contributed by atoms with Gasteiger partial charge in [-0.2, -0.15) is 0 Å². The van der Waals surface area contributed by atoms with E-state index in [0.29, 0.717) is 11.7 Å². The second kappa shape index (κ2) is 2.86. The highest BCUT2D eigenvalue weighted by atomic mass is 16.3. The van der Waals surface area contributed by atoms with Gasteiger partial charge in [0.05, 0.1) is 5.54 Å². The number of rotatable bonds is 4. The van der Waals surface area contributed by atoms with E-state index in [1.807, 2.05) is 0 Å². The van der Waals surface area contributed by atoms with Crippen molar-refractivity contribution in [1.29, 1.82) is 0 Å². The van der Waals surface area contributed by atoms with Crippen molar-refractivity contribution in [1.82, 2.24) is 5.32 Å². The van der Waals surface area contributed by atoms with Crippen molar-refractivity contribution in [2.24, 2.45) is 5.92 Å². The molecule has 0 aromatic heterocycles. The minimum absolute atomic E-state index is 0.107. The highest BCUT2D eigenvalue weighted by Crippen LogP contribution is 2.40. The fourth-order valence-corrected chi connectivity index (χ4v) is 1.09. The maximum Gasteiger partial charge on any atom is 0.105 e. The van der Waals surface area contributed by atoms with Gasteiger partial charge in [0.2, 0.25) is 0 Å². The third-order valence-electron chi connectivity index (χ3n) is 2.15. The fourth-order valence-electron chi connectivity index (χ4n) is 1.09. The zero-order chi connectivity index (χ0) is 8.48. The van der Waals surface area contributed by atoms with Gasteiger partial charge in [-0.1, -0.05) is 20.4 Å². The molecule has 2 nitrogen and oxygen atoms in total. The fraction of sp³-hybridized carbons (Fsp3) is 0.778. The molecule has 1 fully saturated rings. The quantitative estimate of drug-likeness (QED) is 0.607. The van der Waals surface area contributed by atoms with Crippen LogP contribution in [-0.2, 0) is 0 Å². The van der Waals surface area contributed by atoms with Crippen LogP contribution in [0.5, 0.6) is 0 Å². The van der Waals surface area contributed by atoms with Crippen LogP contribution in [0.2, 0.25) is 0 Å². The normalized spacial score (nSPS) is 20.3. The van der Waals surface area contributed by atoms with Gasteiger partial charge >= 0.3 is 0 Å². The van der Waals surface area contributed by atoms with E-state index in [1.165, 1.54) is 0 Å². The maximum absolute atomic E-state index is 9.20. The van der Waals surface area contributed by atoms with Crippen molar-refractivity contribution in [3.8, 4) is 0 Å². The molecular formula is C9H17NO. The van der Waals surface area contributed by atoms with Gasteiger partial charge in [0.1, 0.15) is 5.76 Å². The van der Waals surface area contributed by atoms with E-state index in [4.69, 9.17) is 0 Å². The molecule has 2 N–H and O–H groups in total. The number of hydrogen-bond acceptors (Lipinski definition) is 2. The minimum atomic E-state index is -0.107. The molecule has 1 saturated carbocycles. The molecule has 1 rings (SSSR count). The summed E-state index contributed by atoms with van der Waals surface area (Å²) in [7, 11) is 0. The first-order valence-electron chi connectivity index (χ1n) is 4.20. The zero-order valence-electron chi connectivity index (χ0n) is 7.35. The van der Waals surface area contributed by atoms with Crippen molar-refractivity contribution in [3.05, 3.63) is 12.3 Å². The molecule has 1 aliphatic rings. The highest BCUT2D eigenvalue weighted by Gasteiger charge is 2.45. The lowest BCUT2D eigenvalue weighted by atomic mass is 10.1. The monoisotopic (exact) mass is 155 g/mol. The van der Waals surface area contributed by atoms with Crippen LogP contribution in [0.4, 0.5) is 0 Å².